The monoisotopic (exact) mass is 435 g/mol. The van der Waals surface area contributed by atoms with Gasteiger partial charge in [-0.3, -0.25) is 0 Å². The van der Waals surface area contributed by atoms with E-state index < -0.39 is 0 Å². The van der Waals surface area contributed by atoms with Crippen molar-refractivity contribution in [2.75, 3.05) is 0 Å². The van der Waals surface area contributed by atoms with Crippen LogP contribution in [-0.2, 0) is 13.0 Å². The van der Waals surface area contributed by atoms with Crippen molar-refractivity contribution < 1.29 is 10.2 Å². The predicted octanol–water partition coefficient (Wildman–Crippen LogP) is 5.33. The zero-order valence-corrected chi connectivity index (χ0v) is 17.4. The summed E-state index contributed by atoms with van der Waals surface area (Å²) in [5, 5.41) is 23.7. The van der Waals surface area contributed by atoms with Crippen LogP contribution in [0.1, 0.15) is 76.8 Å². The van der Waals surface area contributed by atoms with E-state index in [2.05, 4.69) is 11.4 Å². The number of hydrogen-bond acceptors (Lipinski definition) is 4. The number of rotatable bonds is 1. The van der Waals surface area contributed by atoms with E-state index in [1.165, 1.54) is 53.7 Å². The highest BCUT2D eigenvalue weighted by molar-refractivity contribution is 8.93. The average Bonchev–Trinajstić information content (AvgIpc) is 3.07. The van der Waals surface area contributed by atoms with E-state index >= 15 is 0 Å². The molecule has 3 nitrogen and oxygen atoms in total. The molecule has 140 valence electrons. The Balaban J connectivity index is 0.00000168. The topological polar surface area (TPSA) is 52.5 Å². The molecule has 2 aromatic rings. The van der Waals surface area contributed by atoms with Gasteiger partial charge < -0.3 is 15.5 Å². The maximum Gasteiger partial charge on any atom is 0.157 e. The van der Waals surface area contributed by atoms with Crippen molar-refractivity contribution in [1.29, 1.82) is 0 Å². The minimum Gasteiger partial charge on any atom is -0.504 e. The summed E-state index contributed by atoms with van der Waals surface area (Å²) >= 11 is 2.01. The molecule has 0 radical (unpaired) electrons. The highest BCUT2D eigenvalue weighted by atomic mass is 79.9. The largest absolute Gasteiger partial charge is 0.504 e. The molecule has 0 saturated heterocycles. The number of nitrogens with one attached hydrogen (secondary N) is 1. The van der Waals surface area contributed by atoms with Crippen LogP contribution in [0.25, 0.3) is 0 Å². The molecule has 1 aromatic heterocycles. The maximum atomic E-state index is 10.1. The van der Waals surface area contributed by atoms with E-state index in [0.717, 1.165) is 25.3 Å². The van der Waals surface area contributed by atoms with Crippen LogP contribution in [0, 0.1) is 0 Å². The molecule has 0 amide bonds. The number of fused-ring (bicyclic) bond motifs is 5. The van der Waals surface area contributed by atoms with E-state index in [9.17, 15) is 10.2 Å². The molecule has 26 heavy (non-hydrogen) atoms. The summed E-state index contributed by atoms with van der Waals surface area (Å²) in [4.78, 5) is 3.05. The molecular formula is C21H26BrNO2S. The molecule has 2 atom stereocenters. The van der Waals surface area contributed by atoms with Gasteiger partial charge in [-0.2, -0.15) is 0 Å². The Bertz CT molecular complexity index is 813. The van der Waals surface area contributed by atoms with Gasteiger partial charge in [0.2, 0.25) is 0 Å². The van der Waals surface area contributed by atoms with Crippen molar-refractivity contribution in [2.24, 2.45) is 0 Å². The van der Waals surface area contributed by atoms with Crippen molar-refractivity contribution in [2.45, 2.75) is 69.4 Å². The molecule has 3 aliphatic rings. The fourth-order valence-corrected chi connectivity index (χ4v) is 6.45. The third-order valence-electron chi connectivity index (χ3n) is 6.43. The maximum absolute atomic E-state index is 10.1. The van der Waals surface area contributed by atoms with E-state index in [-0.39, 0.29) is 28.5 Å². The number of hydrogen-bond donors (Lipinski definition) is 3. The molecule has 5 rings (SSSR count). The fraction of sp³-hybridized carbons (Fsp3) is 0.524. The zero-order chi connectivity index (χ0) is 17.0. The van der Waals surface area contributed by atoms with Crippen molar-refractivity contribution >= 4 is 28.3 Å². The summed E-state index contributed by atoms with van der Waals surface area (Å²) in [7, 11) is 0. The highest BCUT2D eigenvalue weighted by Crippen LogP contribution is 2.48. The second-order valence-electron chi connectivity index (χ2n) is 7.91. The smallest absolute Gasteiger partial charge is 0.157 e. The predicted molar refractivity (Wildman–Crippen MR) is 111 cm³/mol. The van der Waals surface area contributed by atoms with Gasteiger partial charge in [-0.05, 0) is 66.5 Å². The van der Waals surface area contributed by atoms with Gasteiger partial charge in [-0.15, -0.1) is 28.3 Å². The first-order valence-electron chi connectivity index (χ1n) is 9.61. The number of phenolic OH excluding ortho intramolecular Hbond substituents is 2. The van der Waals surface area contributed by atoms with E-state index in [4.69, 9.17) is 0 Å². The molecule has 1 fully saturated rings. The number of aryl methyl sites for hydroxylation is 1. The quantitative estimate of drug-likeness (QED) is 0.530. The van der Waals surface area contributed by atoms with Gasteiger partial charge in [0.1, 0.15) is 0 Å². The SMILES string of the molecule is Br.Oc1cc2c(cc1O)[C@@H]1c3cc(C4CCCCC4)sc3CN[C@H]1CC2. The van der Waals surface area contributed by atoms with Crippen LogP contribution in [0.2, 0.25) is 0 Å². The van der Waals surface area contributed by atoms with Crippen LogP contribution in [-0.4, -0.2) is 16.3 Å². The van der Waals surface area contributed by atoms with Crippen LogP contribution in [0.15, 0.2) is 18.2 Å². The molecule has 1 aromatic carbocycles. The second kappa shape index (κ2) is 7.17. The third kappa shape index (κ3) is 2.98. The van der Waals surface area contributed by atoms with Crippen molar-refractivity contribution in [1.82, 2.24) is 5.32 Å². The van der Waals surface area contributed by atoms with Crippen molar-refractivity contribution in [3.8, 4) is 11.5 Å². The Hall–Kier alpha value is -1.04. The van der Waals surface area contributed by atoms with E-state index in [1.54, 1.807) is 17.0 Å². The van der Waals surface area contributed by atoms with Crippen molar-refractivity contribution in [3.63, 3.8) is 0 Å². The molecule has 0 unspecified atom stereocenters. The van der Waals surface area contributed by atoms with Gasteiger partial charge in [-0.25, -0.2) is 0 Å². The fourth-order valence-electron chi connectivity index (χ4n) is 5.12. The van der Waals surface area contributed by atoms with Crippen LogP contribution in [0.5, 0.6) is 11.5 Å². The Morgan fingerprint density at radius 1 is 0.923 bits per heavy atom. The minimum absolute atomic E-state index is 0. The van der Waals surface area contributed by atoms with Gasteiger partial charge in [0.25, 0.3) is 0 Å². The molecule has 3 N–H and O–H groups in total. The summed E-state index contributed by atoms with van der Waals surface area (Å²) in [6.45, 7) is 0.979. The molecule has 0 bridgehead atoms. The number of aromatic hydroxyl groups is 2. The lowest BCUT2D eigenvalue weighted by molar-refractivity contribution is 0.382. The Morgan fingerprint density at radius 3 is 2.50 bits per heavy atom. The minimum atomic E-state index is 0. The zero-order valence-electron chi connectivity index (χ0n) is 14.8. The molecular weight excluding hydrogens is 410 g/mol. The Kier molecular flexibility index (Phi) is 5.06. The van der Waals surface area contributed by atoms with Crippen LogP contribution in [0.4, 0.5) is 0 Å². The molecule has 0 spiro atoms. The second-order valence-corrected chi connectivity index (χ2v) is 9.07. The first-order chi connectivity index (χ1) is 12.2. The number of benzene rings is 1. The van der Waals surface area contributed by atoms with Gasteiger partial charge in [0.05, 0.1) is 0 Å². The highest BCUT2D eigenvalue weighted by Gasteiger charge is 2.37. The lowest BCUT2D eigenvalue weighted by Gasteiger charge is -2.38. The van der Waals surface area contributed by atoms with Gasteiger partial charge in [0.15, 0.2) is 11.5 Å². The standard InChI is InChI=1S/C21H25NO2S.BrH/c23-17-8-13-6-7-16-21(14(13)9-18(17)24)15-10-19(25-20(15)11-22-16)12-4-2-1-3-5-12;/h8-10,12,16,21-24H,1-7,11H2;1H/t16-,21+;/m0./s1. The normalized spacial score (nSPS) is 24.9. The summed E-state index contributed by atoms with van der Waals surface area (Å²) in [5.74, 6) is 1.08. The van der Waals surface area contributed by atoms with Gasteiger partial charge in [-0.1, -0.05) is 19.3 Å². The van der Waals surface area contributed by atoms with Gasteiger partial charge >= 0.3 is 0 Å². The number of phenols is 2. The first-order valence-corrected chi connectivity index (χ1v) is 10.4. The molecule has 5 heteroatoms. The number of halogens is 1. The Morgan fingerprint density at radius 2 is 1.69 bits per heavy atom. The summed E-state index contributed by atoms with van der Waals surface area (Å²) in [6.07, 6.45) is 8.87. The van der Waals surface area contributed by atoms with Gasteiger partial charge in [0, 0.05) is 28.3 Å². The van der Waals surface area contributed by atoms with Crippen molar-refractivity contribution in [3.05, 3.63) is 44.6 Å². The lowest BCUT2D eigenvalue weighted by Crippen LogP contribution is -2.41. The molecule has 2 aliphatic carbocycles. The van der Waals surface area contributed by atoms with Crippen LogP contribution < -0.4 is 5.32 Å². The first kappa shape index (κ1) is 18.3. The van der Waals surface area contributed by atoms with E-state index in [1.807, 2.05) is 11.3 Å². The summed E-state index contributed by atoms with van der Waals surface area (Å²) in [6, 6.07) is 6.49. The summed E-state index contributed by atoms with van der Waals surface area (Å²) < 4.78 is 0. The number of thiophene rings is 1. The van der Waals surface area contributed by atoms with E-state index in [0.29, 0.717) is 12.0 Å². The van der Waals surface area contributed by atoms with Crippen LogP contribution >= 0.6 is 28.3 Å². The molecule has 1 saturated carbocycles. The Labute approximate surface area is 169 Å². The summed E-state index contributed by atoms with van der Waals surface area (Å²) in [5.41, 5.74) is 3.87. The lowest BCUT2D eigenvalue weighted by atomic mass is 9.73. The molecule has 1 aliphatic heterocycles. The third-order valence-corrected chi connectivity index (χ3v) is 7.74. The average molecular weight is 436 g/mol. The van der Waals surface area contributed by atoms with Crippen LogP contribution in [0.3, 0.4) is 0 Å². The molecule has 2 heterocycles.